The fourth-order valence-corrected chi connectivity index (χ4v) is 0. The van der Waals surface area contributed by atoms with Crippen LogP contribution in [0.1, 0.15) is 0 Å². The van der Waals surface area contributed by atoms with Gasteiger partial charge in [-0.05, 0) is 0 Å². The van der Waals surface area contributed by atoms with Gasteiger partial charge in [-0.1, -0.05) is 0 Å². The van der Waals surface area contributed by atoms with Gasteiger partial charge in [0, 0.05) is 103 Å². The molecule has 0 saturated heterocycles. The number of rotatable bonds is 0. The maximum absolute atomic E-state index is 7.23. The van der Waals surface area contributed by atoms with E-state index in [1.165, 1.54) is 0 Å². The minimum atomic E-state index is -2.62. The molecule has 0 heterocycles. The summed E-state index contributed by atoms with van der Waals surface area (Å²) in [5, 5.41) is 0. The van der Waals surface area contributed by atoms with Gasteiger partial charge < -0.3 is 14.7 Å². The molecule has 28 valence electrons. The fraction of sp³-hybridized carbons (Fsp3) is 0. The quantitative estimate of drug-likeness (QED) is 0.296. The Balaban J connectivity index is -0.0000000450. The second kappa shape index (κ2) is 11.4. The first-order valence-electron chi connectivity index (χ1n) is 0.600. The van der Waals surface area contributed by atoms with E-state index in [-0.39, 0.29) is 103 Å². The van der Waals surface area contributed by atoms with Crippen molar-refractivity contribution in [1.82, 2.24) is 0 Å². The maximum atomic E-state index is 7.23. The zero-order chi connectivity index (χ0) is 3.58. The van der Waals surface area contributed by atoms with E-state index in [0.29, 0.717) is 0 Å². The summed E-state index contributed by atoms with van der Waals surface area (Å²) >= 11 is 0. The Labute approximate surface area is 122 Å². The molecule has 0 bridgehead atoms. The molecule has 0 aliphatic rings. The van der Waals surface area contributed by atoms with Crippen LogP contribution in [0.3, 0.4) is 0 Å². The van der Waals surface area contributed by atoms with Crippen LogP contribution in [0.2, 0.25) is 0 Å². The first-order chi connectivity index (χ1) is 1.73. The van der Waals surface area contributed by atoms with Crippen LogP contribution in [0.25, 0.3) is 0 Å². The Morgan fingerprint density at radius 2 is 0.833 bits per heavy atom. The van der Waals surface area contributed by atoms with Crippen molar-refractivity contribution < 1.29 is 14.7 Å². The van der Waals surface area contributed by atoms with Gasteiger partial charge in [0.05, 0.1) is 0 Å². The van der Waals surface area contributed by atoms with E-state index in [0.717, 1.165) is 0 Å². The zero-order valence-corrected chi connectivity index (χ0v) is 10.9. The second-order valence-electron chi connectivity index (χ2n) is 0.268. The molecule has 0 atom stereocenters. The molecule has 0 aromatic heterocycles. The Bertz CT molecular complexity index is 13.5. The summed E-state index contributed by atoms with van der Waals surface area (Å²) in [6, 6.07) is 0. The largest absolute Gasteiger partial charge is 0.328 e. The normalized spacial score (nSPS) is 6.00. The van der Waals surface area contributed by atoms with Gasteiger partial charge in [0.1, 0.15) is 0 Å². The van der Waals surface area contributed by atoms with Crippen molar-refractivity contribution in [2.75, 3.05) is 0 Å². The van der Waals surface area contributed by atoms with Crippen LogP contribution in [-0.4, -0.2) is 117 Å². The predicted octanol–water partition coefficient (Wildman–Crippen LogP) is -1.57. The molecule has 0 aliphatic heterocycles. The van der Waals surface area contributed by atoms with Gasteiger partial charge in [-0.3, -0.25) is 0 Å². The summed E-state index contributed by atoms with van der Waals surface area (Å²) in [4.78, 5) is 21.7. The monoisotopic (exact) mass is 160 g/mol. The fourth-order valence-electron chi connectivity index (χ4n) is 0. The molecule has 2 radical (unpaired) electrons. The Morgan fingerprint density at radius 1 is 0.833 bits per heavy atom. The second-order valence-corrected chi connectivity index (χ2v) is 0.805. The van der Waals surface area contributed by atoms with E-state index >= 15 is 0 Å². The van der Waals surface area contributed by atoms with Gasteiger partial charge in [-0.25, -0.2) is 0 Å². The molecule has 0 aromatic rings. The van der Waals surface area contributed by atoms with Gasteiger partial charge in [-0.2, -0.15) is 0 Å². The van der Waals surface area contributed by atoms with Gasteiger partial charge in [0.15, 0.2) is 0 Å². The summed E-state index contributed by atoms with van der Waals surface area (Å²) in [7, 11) is -2.62. The Kier molecular flexibility index (Phi) is 30.9. The average Bonchev–Trinajstić information content (AvgIpc) is 0.811. The standard InChI is InChI=1S/2K.H3O3P/c;;1-4(2)3/h;;1-3H. The van der Waals surface area contributed by atoms with Crippen molar-refractivity contribution in [3.63, 3.8) is 0 Å². The van der Waals surface area contributed by atoms with Crippen molar-refractivity contribution in [3.05, 3.63) is 0 Å². The van der Waals surface area contributed by atoms with Crippen molar-refractivity contribution in [2.24, 2.45) is 0 Å². The molecule has 6 heteroatoms. The summed E-state index contributed by atoms with van der Waals surface area (Å²) < 4.78 is 0. The topological polar surface area (TPSA) is 60.7 Å². The minimum absolute atomic E-state index is 0. The van der Waals surface area contributed by atoms with E-state index < -0.39 is 8.60 Å². The minimum Gasteiger partial charge on any atom is -0.328 e. The van der Waals surface area contributed by atoms with Gasteiger partial charge >= 0.3 is 8.60 Å². The van der Waals surface area contributed by atoms with Crippen molar-refractivity contribution >= 4 is 111 Å². The zero-order valence-electron chi connectivity index (χ0n) is 3.79. The molecule has 3 nitrogen and oxygen atoms in total. The molecular formula is H3K2O3P. The summed E-state index contributed by atoms with van der Waals surface area (Å²) in [5.74, 6) is 0. The van der Waals surface area contributed by atoms with Crippen LogP contribution in [0.15, 0.2) is 0 Å². The summed E-state index contributed by atoms with van der Waals surface area (Å²) in [6.45, 7) is 0. The predicted molar refractivity (Wildman–Crippen MR) is 25.1 cm³/mol. The molecule has 0 spiro atoms. The van der Waals surface area contributed by atoms with Crippen LogP contribution in [-0.2, 0) is 0 Å². The van der Waals surface area contributed by atoms with Crippen LogP contribution in [0.5, 0.6) is 0 Å². The summed E-state index contributed by atoms with van der Waals surface area (Å²) in [6.07, 6.45) is 0. The van der Waals surface area contributed by atoms with E-state index in [2.05, 4.69) is 0 Å². The van der Waals surface area contributed by atoms with E-state index in [1.807, 2.05) is 0 Å². The molecule has 6 heavy (non-hydrogen) atoms. The van der Waals surface area contributed by atoms with Crippen LogP contribution >= 0.6 is 8.60 Å². The van der Waals surface area contributed by atoms with Crippen molar-refractivity contribution in [1.29, 1.82) is 0 Å². The molecule has 0 rings (SSSR count). The molecular weight excluding hydrogens is 157 g/mol. The first-order valence-corrected chi connectivity index (χ1v) is 1.80. The Hall–Kier alpha value is 3.58. The average molecular weight is 160 g/mol. The van der Waals surface area contributed by atoms with Crippen LogP contribution < -0.4 is 0 Å². The van der Waals surface area contributed by atoms with Gasteiger partial charge in [0.25, 0.3) is 0 Å². The van der Waals surface area contributed by atoms with Crippen molar-refractivity contribution in [3.8, 4) is 0 Å². The number of hydrogen-bond acceptors (Lipinski definition) is 3. The number of hydrogen-bond donors (Lipinski definition) is 3. The molecule has 0 unspecified atom stereocenters. The van der Waals surface area contributed by atoms with E-state index in [1.54, 1.807) is 0 Å². The third kappa shape index (κ3) is 25.6. The molecule has 3 N–H and O–H groups in total. The van der Waals surface area contributed by atoms with Gasteiger partial charge in [-0.15, -0.1) is 0 Å². The molecule has 0 fully saturated rings. The molecule has 0 aromatic carbocycles. The maximum Gasteiger partial charge on any atom is 0.324 e. The third-order valence-corrected chi connectivity index (χ3v) is 0. The first kappa shape index (κ1) is 16.3. The Morgan fingerprint density at radius 3 is 0.833 bits per heavy atom. The van der Waals surface area contributed by atoms with Crippen LogP contribution in [0.4, 0.5) is 0 Å². The van der Waals surface area contributed by atoms with E-state index in [4.69, 9.17) is 14.7 Å². The SMILES string of the molecule is OP(O)O.[K].[K]. The third-order valence-electron chi connectivity index (χ3n) is 0. The summed E-state index contributed by atoms with van der Waals surface area (Å²) in [5.41, 5.74) is 0. The molecule has 0 aliphatic carbocycles. The van der Waals surface area contributed by atoms with Crippen molar-refractivity contribution in [2.45, 2.75) is 0 Å². The smallest absolute Gasteiger partial charge is 0.324 e. The molecule has 0 saturated carbocycles. The molecule has 0 amide bonds. The van der Waals surface area contributed by atoms with Crippen LogP contribution in [0, 0.1) is 0 Å². The van der Waals surface area contributed by atoms with Gasteiger partial charge in [0.2, 0.25) is 0 Å². The van der Waals surface area contributed by atoms with E-state index in [9.17, 15) is 0 Å².